The van der Waals surface area contributed by atoms with E-state index in [0.29, 0.717) is 29.1 Å². The van der Waals surface area contributed by atoms with Gasteiger partial charge in [0, 0.05) is 34.9 Å². The van der Waals surface area contributed by atoms with Crippen LogP contribution in [0.25, 0.3) is 6.08 Å². The molecule has 0 spiro atoms. The van der Waals surface area contributed by atoms with Crippen LogP contribution in [0.3, 0.4) is 0 Å². The average molecular weight is 483 g/mol. The molecule has 0 aliphatic rings. The first-order chi connectivity index (χ1) is 16.1. The fourth-order valence-electron chi connectivity index (χ4n) is 3.60. The molecule has 0 aliphatic heterocycles. The van der Waals surface area contributed by atoms with E-state index in [1.54, 1.807) is 17.8 Å². The number of benzene rings is 2. The van der Waals surface area contributed by atoms with Crippen molar-refractivity contribution in [1.29, 1.82) is 0 Å². The Labute approximate surface area is 205 Å². The predicted octanol–water partition coefficient (Wildman–Crippen LogP) is 7.43. The molecule has 0 aliphatic carbocycles. The van der Waals surface area contributed by atoms with Crippen molar-refractivity contribution in [2.75, 3.05) is 5.75 Å². The third kappa shape index (κ3) is 8.09. The van der Waals surface area contributed by atoms with Crippen LogP contribution in [0, 0.1) is 0 Å². The molecule has 0 radical (unpaired) electrons. The van der Waals surface area contributed by atoms with E-state index >= 15 is 0 Å². The SMILES string of the molecule is CCCCCCCSc1nc(/C=C(\Cc2ccccc2)C(=O)O)c(Cc2ccccc2Cl)[nH]1. The van der Waals surface area contributed by atoms with Gasteiger partial charge in [0.1, 0.15) is 0 Å². The van der Waals surface area contributed by atoms with Gasteiger partial charge in [0.25, 0.3) is 0 Å². The molecule has 0 atom stereocenters. The number of nitrogens with zero attached hydrogens (tertiary/aromatic N) is 1. The van der Waals surface area contributed by atoms with Crippen molar-refractivity contribution in [3.63, 3.8) is 0 Å². The summed E-state index contributed by atoms with van der Waals surface area (Å²) in [4.78, 5) is 20.2. The van der Waals surface area contributed by atoms with Crippen molar-refractivity contribution in [3.8, 4) is 0 Å². The number of nitrogens with one attached hydrogen (secondary N) is 1. The maximum atomic E-state index is 12.0. The van der Waals surface area contributed by atoms with Crippen molar-refractivity contribution in [2.45, 2.75) is 57.0 Å². The lowest BCUT2D eigenvalue weighted by atomic mass is 10.0. The van der Waals surface area contributed by atoms with Gasteiger partial charge < -0.3 is 10.1 Å². The van der Waals surface area contributed by atoms with Crippen molar-refractivity contribution in [3.05, 3.63) is 87.7 Å². The summed E-state index contributed by atoms with van der Waals surface area (Å²) in [7, 11) is 0. The third-order valence-corrected chi connectivity index (χ3v) is 6.75. The average Bonchev–Trinajstić information content (AvgIpc) is 3.19. The Morgan fingerprint density at radius 1 is 1.06 bits per heavy atom. The normalized spacial score (nSPS) is 11.6. The quantitative estimate of drug-likeness (QED) is 0.151. The number of imidazole rings is 1. The zero-order chi connectivity index (χ0) is 23.5. The van der Waals surface area contributed by atoms with E-state index in [2.05, 4.69) is 11.9 Å². The number of unbranched alkanes of at least 4 members (excludes halogenated alkanes) is 4. The van der Waals surface area contributed by atoms with Gasteiger partial charge in [0.2, 0.25) is 0 Å². The Kier molecular flexibility index (Phi) is 10.1. The minimum Gasteiger partial charge on any atom is -0.478 e. The van der Waals surface area contributed by atoms with Gasteiger partial charge in [0.05, 0.1) is 5.69 Å². The molecule has 2 aromatic carbocycles. The van der Waals surface area contributed by atoms with Gasteiger partial charge in [0.15, 0.2) is 5.16 Å². The number of H-pyrrole nitrogens is 1. The lowest BCUT2D eigenvalue weighted by molar-refractivity contribution is -0.132. The predicted molar refractivity (Wildman–Crippen MR) is 138 cm³/mol. The highest BCUT2D eigenvalue weighted by Gasteiger charge is 2.15. The van der Waals surface area contributed by atoms with E-state index in [1.807, 2.05) is 54.6 Å². The molecule has 2 N–H and O–H groups in total. The van der Waals surface area contributed by atoms with Gasteiger partial charge in [-0.3, -0.25) is 0 Å². The second kappa shape index (κ2) is 13.3. The van der Waals surface area contributed by atoms with E-state index in [0.717, 1.165) is 34.2 Å². The standard InChI is InChI=1S/C27H31ClN2O2S/c1-2-3-4-5-11-16-33-27-29-24(18-21-14-9-10-15-23(21)28)25(30-27)19-22(26(31)32)17-20-12-7-6-8-13-20/h6-10,12-15,19H,2-5,11,16-18H2,1H3,(H,29,30)(H,31,32)/b22-19+. The number of carbonyl (C=O) groups is 1. The summed E-state index contributed by atoms with van der Waals surface area (Å²) < 4.78 is 0. The first-order valence-electron chi connectivity index (χ1n) is 11.5. The van der Waals surface area contributed by atoms with E-state index in [1.165, 1.54) is 25.7 Å². The van der Waals surface area contributed by atoms with Crippen LogP contribution < -0.4 is 0 Å². The van der Waals surface area contributed by atoms with Crippen molar-refractivity contribution in [1.82, 2.24) is 9.97 Å². The molecule has 3 aromatic rings. The van der Waals surface area contributed by atoms with Crippen LogP contribution in [0.1, 0.15) is 61.5 Å². The van der Waals surface area contributed by atoms with Gasteiger partial charge >= 0.3 is 5.97 Å². The van der Waals surface area contributed by atoms with Crippen LogP contribution in [0.2, 0.25) is 5.02 Å². The maximum absolute atomic E-state index is 12.0. The number of hydrogen-bond acceptors (Lipinski definition) is 3. The van der Waals surface area contributed by atoms with Gasteiger partial charge in [-0.15, -0.1) is 0 Å². The molecule has 3 rings (SSSR count). The first kappa shape index (κ1) is 25.1. The molecular weight excluding hydrogens is 452 g/mol. The molecule has 1 heterocycles. The van der Waals surface area contributed by atoms with Gasteiger partial charge in [-0.1, -0.05) is 105 Å². The number of rotatable bonds is 13. The van der Waals surface area contributed by atoms with Gasteiger partial charge in [-0.25, -0.2) is 9.78 Å². The molecule has 6 heteroatoms. The Balaban J connectivity index is 1.83. The number of halogens is 1. The number of aliphatic carboxylic acids is 1. The third-order valence-electron chi connectivity index (χ3n) is 5.42. The number of thioether (sulfide) groups is 1. The zero-order valence-electron chi connectivity index (χ0n) is 19.0. The second-order valence-corrected chi connectivity index (χ2v) is 9.56. The van der Waals surface area contributed by atoms with Gasteiger partial charge in [-0.05, 0) is 29.7 Å². The molecule has 0 saturated carbocycles. The molecular formula is C27H31ClN2O2S. The topological polar surface area (TPSA) is 66.0 Å². The summed E-state index contributed by atoms with van der Waals surface area (Å²) >= 11 is 8.08. The van der Waals surface area contributed by atoms with E-state index in [-0.39, 0.29) is 0 Å². The summed E-state index contributed by atoms with van der Waals surface area (Å²) in [5, 5.41) is 11.4. The van der Waals surface area contributed by atoms with E-state index < -0.39 is 5.97 Å². The van der Waals surface area contributed by atoms with Crippen LogP contribution in [0.4, 0.5) is 0 Å². The minimum atomic E-state index is -0.935. The van der Waals surface area contributed by atoms with E-state index in [4.69, 9.17) is 16.6 Å². The Bertz CT molecular complexity index is 1060. The number of carboxylic acids is 1. The number of carboxylic acid groups (broad SMARTS) is 1. The monoisotopic (exact) mass is 482 g/mol. The second-order valence-electron chi connectivity index (χ2n) is 8.07. The summed E-state index contributed by atoms with van der Waals surface area (Å²) in [6.45, 7) is 2.22. The smallest absolute Gasteiger partial charge is 0.331 e. The van der Waals surface area contributed by atoms with Crippen LogP contribution in [0.15, 0.2) is 65.3 Å². The summed E-state index contributed by atoms with van der Waals surface area (Å²) in [6.07, 6.45) is 8.75. The Hall–Kier alpha value is -2.50. The van der Waals surface area contributed by atoms with Crippen LogP contribution in [-0.2, 0) is 17.6 Å². The molecule has 0 saturated heterocycles. The van der Waals surface area contributed by atoms with Crippen LogP contribution >= 0.6 is 23.4 Å². The highest BCUT2D eigenvalue weighted by atomic mass is 35.5. The van der Waals surface area contributed by atoms with Gasteiger partial charge in [-0.2, -0.15) is 0 Å². The molecule has 174 valence electrons. The van der Waals surface area contributed by atoms with Crippen molar-refractivity contribution < 1.29 is 9.90 Å². The Morgan fingerprint density at radius 2 is 1.79 bits per heavy atom. The highest BCUT2D eigenvalue weighted by molar-refractivity contribution is 7.99. The summed E-state index contributed by atoms with van der Waals surface area (Å²) in [5.74, 6) is 0.0533. The zero-order valence-corrected chi connectivity index (χ0v) is 20.6. The summed E-state index contributed by atoms with van der Waals surface area (Å²) in [6, 6.07) is 17.3. The molecule has 33 heavy (non-hydrogen) atoms. The first-order valence-corrected chi connectivity index (χ1v) is 12.9. The fourth-order valence-corrected chi connectivity index (χ4v) is 4.70. The largest absolute Gasteiger partial charge is 0.478 e. The van der Waals surface area contributed by atoms with Crippen LogP contribution in [-0.4, -0.2) is 26.8 Å². The van der Waals surface area contributed by atoms with Crippen LogP contribution in [0.5, 0.6) is 0 Å². The van der Waals surface area contributed by atoms with Crippen molar-refractivity contribution in [2.24, 2.45) is 0 Å². The number of hydrogen-bond donors (Lipinski definition) is 2. The van der Waals surface area contributed by atoms with E-state index in [9.17, 15) is 9.90 Å². The molecule has 4 nitrogen and oxygen atoms in total. The number of aromatic nitrogens is 2. The number of aromatic amines is 1. The molecule has 0 fully saturated rings. The molecule has 0 amide bonds. The fraction of sp³-hybridized carbons (Fsp3) is 0.333. The van der Waals surface area contributed by atoms with Crippen molar-refractivity contribution >= 4 is 35.4 Å². The maximum Gasteiger partial charge on any atom is 0.331 e. The molecule has 0 unspecified atom stereocenters. The molecule has 0 bridgehead atoms. The minimum absolute atomic E-state index is 0.309. The lowest BCUT2D eigenvalue weighted by Crippen LogP contribution is -2.04. The molecule has 1 aromatic heterocycles. The Morgan fingerprint density at radius 3 is 2.52 bits per heavy atom. The lowest BCUT2D eigenvalue weighted by Gasteiger charge is -2.05. The summed E-state index contributed by atoms with van der Waals surface area (Å²) in [5.41, 5.74) is 3.79. The highest BCUT2D eigenvalue weighted by Crippen LogP contribution is 2.25.